The van der Waals surface area contributed by atoms with Crippen LogP contribution in [0.1, 0.15) is 45.2 Å². The van der Waals surface area contributed by atoms with Gasteiger partial charge >= 0.3 is 0 Å². The maximum absolute atomic E-state index is 13.9. The van der Waals surface area contributed by atoms with Crippen LogP contribution in [0.15, 0.2) is 73.2 Å². The highest BCUT2D eigenvalue weighted by Gasteiger charge is 2.52. The number of aromatic amines is 1. The van der Waals surface area contributed by atoms with Crippen LogP contribution >= 0.6 is 23.2 Å². The minimum atomic E-state index is -1.36. The van der Waals surface area contributed by atoms with Gasteiger partial charge in [0.1, 0.15) is 5.60 Å². The zero-order valence-electron chi connectivity index (χ0n) is 19.0. The van der Waals surface area contributed by atoms with E-state index in [4.69, 9.17) is 27.9 Å². The largest absolute Gasteiger partial charge is 0.381 e. The van der Waals surface area contributed by atoms with Crippen molar-refractivity contribution in [3.05, 3.63) is 117 Å². The van der Waals surface area contributed by atoms with Crippen LogP contribution in [0.2, 0.25) is 10.0 Å². The Morgan fingerprint density at radius 3 is 2.43 bits per heavy atom. The van der Waals surface area contributed by atoms with Crippen LogP contribution in [0.4, 0.5) is 0 Å². The summed E-state index contributed by atoms with van der Waals surface area (Å²) >= 11 is 12.2. The number of pyridine rings is 1. The first-order valence-corrected chi connectivity index (χ1v) is 11.6. The maximum atomic E-state index is 13.9. The fraction of sp³-hybridized carbons (Fsp3) is 0.192. The summed E-state index contributed by atoms with van der Waals surface area (Å²) < 4.78 is 6.16. The van der Waals surface area contributed by atoms with Gasteiger partial charge in [-0.05, 0) is 42.8 Å². The molecule has 2 aromatic carbocycles. The Morgan fingerprint density at radius 2 is 1.80 bits per heavy atom. The van der Waals surface area contributed by atoms with Crippen LogP contribution in [0, 0.1) is 0 Å². The fourth-order valence-electron chi connectivity index (χ4n) is 4.61. The molecule has 5 rings (SSSR count). The van der Waals surface area contributed by atoms with E-state index >= 15 is 0 Å². The zero-order chi connectivity index (χ0) is 24.8. The van der Waals surface area contributed by atoms with E-state index in [-0.39, 0.29) is 12.5 Å². The molecule has 0 saturated heterocycles. The Hall–Kier alpha value is -3.23. The molecule has 1 aliphatic rings. The van der Waals surface area contributed by atoms with Gasteiger partial charge in [0, 0.05) is 46.8 Å². The second kappa shape index (κ2) is 8.77. The Labute approximate surface area is 212 Å². The van der Waals surface area contributed by atoms with Crippen molar-refractivity contribution in [2.75, 3.05) is 7.11 Å². The van der Waals surface area contributed by atoms with E-state index < -0.39 is 11.3 Å². The third-order valence-electron chi connectivity index (χ3n) is 6.50. The summed E-state index contributed by atoms with van der Waals surface area (Å²) in [7, 11) is 1.56. The van der Waals surface area contributed by atoms with Crippen molar-refractivity contribution in [3.63, 3.8) is 0 Å². The van der Waals surface area contributed by atoms with Gasteiger partial charge in [0.05, 0.1) is 23.5 Å². The molecule has 2 aromatic heterocycles. The smallest absolute Gasteiger partial charge is 0.257 e. The van der Waals surface area contributed by atoms with Crippen LogP contribution in [-0.2, 0) is 22.6 Å². The van der Waals surface area contributed by atoms with Gasteiger partial charge in [0.2, 0.25) is 0 Å². The number of carbonyl (C=O) groups excluding carboxylic acids is 1. The molecular formula is C26H22Cl2N4O3. The number of hydrogen-bond donors (Lipinski definition) is 2. The van der Waals surface area contributed by atoms with Crippen molar-refractivity contribution in [3.8, 4) is 0 Å². The fourth-order valence-corrected chi connectivity index (χ4v) is 4.85. The lowest BCUT2D eigenvalue weighted by Crippen LogP contribution is -2.45. The van der Waals surface area contributed by atoms with Gasteiger partial charge in [-0.25, -0.2) is 0 Å². The number of methoxy groups -OCH3 is 1. The molecule has 7 nitrogen and oxygen atoms in total. The molecule has 4 aromatic rings. The van der Waals surface area contributed by atoms with Gasteiger partial charge in [-0.3, -0.25) is 19.8 Å². The molecule has 1 aliphatic heterocycles. The zero-order valence-corrected chi connectivity index (χ0v) is 20.5. The van der Waals surface area contributed by atoms with Crippen molar-refractivity contribution in [2.45, 2.75) is 24.8 Å². The Morgan fingerprint density at radius 1 is 1.06 bits per heavy atom. The topological polar surface area (TPSA) is 91.3 Å². The van der Waals surface area contributed by atoms with Crippen molar-refractivity contribution in [1.29, 1.82) is 0 Å². The number of nitrogens with zero attached hydrogens (tertiary/aromatic N) is 3. The lowest BCUT2D eigenvalue weighted by Gasteiger charge is -2.38. The molecule has 0 bridgehead atoms. The third kappa shape index (κ3) is 3.81. The number of ether oxygens (including phenoxy) is 1. The summed E-state index contributed by atoms with van der Waals surface area (Å²) in [6.45, 7) is 1.84. The molecular weight excluding hydrogens is 487 g/mol. The number of H-pyrrole nitrogens is 1. The number of aromatic nitrogens is 3. The number of hydrogen-bond acceptors (Lipinski definition) is 5. The standard InChI is InChI=1S/C26H22Cl2N4O3/c1-25(34,18-12-30-31-13-18)17-5-10-23-22(11-17)24(33)32(15-21-9-8-20(28)14-29-21)26(23,35-2)16-3-6-19(27)7-4-16/h3-14,34H,15H2,1-2H3,(H,30,31)/t25?,26-/m1/s1. The maximum Gasteiger partial charge on any atom is 0.257 e. The average Bonchev–Trinajstić information content (AvgIpc) is 3.48. The normalized spacial score (nSPS) is 19.0. The van der Waals surface area contributed by atoms with Crippen LogP contribution in [0.3, 0.4) is 0 Å². The molecule has 0 spiro atoms. The highest BCUT2D eigenvalue weighted by atomic mass is 35.5. The molecule has 0 aliphatic carbocycles. The van der Waals surface area contributed by atoms with Crippen molar-refractivity contribution < 1.29 is 14.6 Å². The predicted octanol–water partition coefficient (Wildman–Crippen LogP) is 4.87. The second-order valence-corrected chi connectivity index (χ2v) is 9.41. The lowest BCUT2D eigenvalue weighted by molar-refractivity contribution is -0.0868. The molecule has 2 N–H and O–H groups in total. The number of nitrogens with one attached hydrogen (secondary N) is 1. The van der Waals surface area contributed by atoms with E-state index in [1.807, 2.05) is 18.2 Å². The molecule has 1 unspecified atom stereocenters. The summed E-state index contributed by atoms with van der Waals surface area (Å²) in [5.41, 5.74) is 1.03. The van der Waals surface area contributed by atoms with Gasteiger partial charge in [-0.2, -0.15) is 5.10 Å². The predicted molar refractivity (Wildman–Crippen MR) is 132 cm³/mol. The Kier molecular flexibility index (Phi) is 5.89. The van der Waals surface area contributed by atoms with Crippen LogP contribution in [0.5, 0.6) is 0 Å². The summed E-state index contributed by atoms with van der Waals surface area (Å²) in [5, 5.41) is 19.0. The number of carbonyl (C=O) groups is 1. The number of amides is 1. The van der Waals surface area contributed by atoms with E-state index in [9.17, 15) is 9.90 Å². The summed E-state index contributed by atoms with van der Waals surface area (Å²) in [5.74, 6) is -0.251. The van der Waals surface area contributed by atoms with Gasteiger partial charge in [-0.15, -0.1) is 0 Å². The molecule has 178 valence electrons. The quantitative estimate of drug-likeness (QED) is 0.387. The molecule has 2 atom stereocenters. The number of fused-ring (bicyclic) bond motifs is 1. The Balaban J connectivity index is 1.68. The SMILES string of the molecule is CO[C@]1(c2ccc(Cl)cc2)c2ccc(C(C)(O)c3cn[nH]c3)cc2C(=O)N1Cc1ccc(Cl)cn1. The minimum absolute atomic E-state index is 0.175. The molecule has 3 heterocycles. The van der Waals surface area contributed by atoms with Crippen LogP contribution in [0.25, 0.3) is 0 Å². The number of benzene rings is 2. The first kappa shape index (κ1) is 23.5. The monoisotopic (exact) mass is 508 g/mol. The van der Waals surface area contributed by atoms with Crippen molar-refractivity contribution in [2.24, 2.45) is 0 Å². The molecule has 35 heavy (non-hydrogen) atoms. The highest BCUT2D eigenvalue weighted by Crippen LogP contribution is 2.47. The lowest BCUT2D eigenvalue weighted by atomic mass is 9.86. The van der Waals surface area contributed by atoms with Gasteiger partial charge in [-0.1, -0.05) is 47.5 Å². The molecule has 1 amide bonds. The Bertz CT molecular complexity index is 1370. The molecule has 0 fully saturated rings. The molecule has 0 radical (unpaired) electrons. The highest BCUT2D eigenvalue weighted by molar-refractivity contribution is 6.30. The first-order valence-electron chi connectivity index (χ1n) is 10.9. The van der Waals surface area contributed by atoms with Gasteiger partial charge in [0.15, 0.2) is 5.72 Å². The first-order chi connectivity index (χ1) is 16.8. The van der Waals surface area contributed by atoms with Crippen LogP contribution < -0.4 is 0 Å². The van der Waals surface area contributed by atoms with Crippen molar-refractivity contribution >= 4 is 29.1 Å². The van der Waals surface area contributed by atoms with Gasteiger partial charge < -0.3 is 9.84 Å². The average molecular weight is 509 g/mol. The van der Waals surface area contributed by atoms with E-state index in [1.54, 1.807) is 73.9 Å². The van der Waals surface area contributed by atoms with Gasteiger partial charge in [0.25, 0.3) is 5.91 Å². The van der Waals surface area contributed by atoms with E-state index in [1.165, 1.54) is 0 Å². The number of aliphatic hydroxyl groups is 1. The summed E-state index contributed by atoms with van der Waals surface area (Å²) in [6, 6.07) is 16.0. The second-order valence-electron chi connectivity index (χ2n) is 8.53. The molecule has 9 heteroatoms. The molecule has 0 saturated carbocycles. The van der Waals surface area contributed by atoms with E-state index in [2.05, 4.69) is 15.2 Å². The number of halogens is 2. The third-order valence-corrected chi connectivity index (χ3v) is 6.98. The summed E-state index contributed by atoms with van der Waals surface area (Å²) in [4.78, 5) is 19.9. The van der Waals surface area contributed by atoms with E-state index in [0.29, 0.717) is 38.0 Å². The van der Waals surface area contributed by atoms with Crippen molar-refractivity contribution in [1.82, 2.24) is 20.1 Å². The summed E-state index contributed by atoms with van der Waals surface area (Å²) in [6.07, 6.45) is 4.73. The number of rotatable bonds is 6. The minimum Gasteiger partial charge on any atom is -0.381 e. The van der Waals surface area contributed by atoms with Crippen LogP contribution in [-0.4, -0.2) is 38.2 Å². The van der Waals surface area contributed by atoms with E-state index in [0.717, 1.165) is 5.56 Å².